The Hall–Kier alpha value is -2.50. The third kappa shape index (κ3) is 9.40. The van der Waals surface area contributed by atoms with Gasteiger partial charge in [-0.1, -0.05) is 19.4 Å². The van der Waals surface area contributed by atoms with Crippen LogP contribution in [0.25, 0.3) is 0 Å². The molecule has 34 heavy (non-hydrogen) atoms. The molecule has 0 unspecified atom stereocenters. The van der Waals surface area contributed by atoms with Gasteiger partial charge in [0.2, 0.25) is 21.8 Å². The Morgan fingerprint density at radius 2 is 1.79 bits per heavy atom. The molecule has 5 N–H and O–H groups in total. The van der Waals surface area contributed by atoms with E-state index in [-0.39, 0.29) is 42.6 Å². The number of carbonyl (C=O) groups is 3. The van der Waals surface area contributed by atoms with E-state index in [2.05, 4.69) is 20.7 Å². The van der Waals surface area contributed by atoms with Gasteiger partial charge in [0.1, 0.15) is 0 Å². The summed E-state index contributed by atoms with van der Waals surface area (Å²) in [6.45, 7) is 3.86. The second-order valence-corrected chi connectivity index (χ2v) is 10.2. The highest BCUT2D eigenvalue weighted by atomic mass is 32.2. The SMILES string of the molecule is CCCc1c(NC(=O)CCNC(=O)CCC2CCNCC2)cccc1S(=O)(=O)NCCC(=O)O. The third-order valence-electron chi connectivity index (χ3n) is 5.74. The van der Waals surface area contributed by atoms with Crippen LogP contribution in [-0.2, 0) is 30.8 Å². The van der Waals surface area contributed by atoms with Crippen molar-refractivity contribution in [2.24, 2.45) is 5.92 Å². The number of piperidine rings is 1. The van der Waals surface area contributed by atoms with Crippen LogP contribution in [0.2, 0.25) is 0 Å². The van der Waals surface area contributed by atoms with Gasteiger partial charge in [0.05, 0.1) is 11.3 Å². The Labute approximate surface area is 201 Å². The van der Waals surface area contributed by atoms with Crippen molar-refractivity contribution < 1.29 is 27.9 Å². The number of hydrogen-bond donors (Lipinski definition) is 5. The largest absolute Gasteiger partial charge is 0.481 e. The number of sulfonamides is 1. The maximum Gasteiger partial charge on any atom is 0.304 e. The number of anilines is 1. The first-order valence-corrected chi connectivity index (χ1v) is 13.3. The monoisotopic (exact) mass is 496 g/mol. The van der Waals surface area contributed by atoms with Gasteiger partial charge in [-0.15, -0.1) is 0 Å². The Morgan fingerprint density at radius 3 is 2.47 bits per heavy atom. The molecule has 11 heteroatoms. The summed E-state index contributed by atoms with van der Waals surface area (Å²) < 4.78 is 27.7. The van der Waals surface area contributed by atoms with Gasteiger partial charge >= 0.3 is 5.97 Å². The van der Waals surface area contributed by atoms with Gasteiger partial charge in [0.15, 0.2) is 0 Å². The molecule has 1 aliphatic heterocycles. The van der Waals surface area contributed by atoms with Crippen molar-refractivity contribution in [1.82, 2.24) is 15.4 Å². The quantitative estimate of drug-likeness (QED) is 0.262. The molecule has 0 aliphatic carbocycles. The molecule has 1 heterocycles. The van der Waals surface area contributed by atoms with E-state index < -0.39 is 16.0 Å². The normalized spacial score (nSPS) is 14.5. The zero-order valence-corrected chi connectivity index (χ0v) is 20.5. The van der Waals surface area contributed by atoms with Gasteiger partial charge in [0, 0.05) is 31.6 Å². The van der Waals surface area contributed by atoms with Crippen molar-refractivity contribution in [3.8, 4) is 0 Å². The molecule has 190 valence electrons. The number of carboxylic acids is 1. The van der Waals surface area contributed by atoms with Crippen molar-refractivity contribution in [3.05, 3.63) is 23.8 Å². The average Bonchev–Trinajstić information content (AvgIpc) is 2.79. The minimum absolute atomic E-state index is 0.0174. The van der Waals surface area contributed by atoms with E-state index in [1.165, 1.54) is 12.1 Å². The van der Waals surface area contributed by atoms with Gasteiger partial charge in [-0.25, -0.2) is 13.1 Å². The van der Waals surface area contributed by atoms with E-state index >= 15 is 0 Å². The smallest absolute Gasteiger partial charge is 0.304 e. The molecule has 0 saturated carbocycles. The van der Waals surface area contributed by atoms with Crippen LogP contribution in [0.15, 0.2) is 23.1 Å². The van der Waals surface area contributed by atoms with Crippen LogP contribution in [0.1, 0.15) is 57.4 Å². The summed E-state index contributed by atoms with van der Waals surface area (Å²) in [5, 5.41) is 17.6. The number of aliphatic carboxylic acids is 1. The molecule has 2 rings (SSSR count). The Morgan fingerprint density at radius 1 is 1.06 bits per heavy atom. The summed E-state index contributed by atoms with van der Waals surface area (Å²) in [6.07, 6.45) is 4.26. The van der Waals surface area contributed by atoms with Gasteiger partial charge < -0.3 is 21.1 Å². The summed E-state index contributed by atoms with van der Waals surface area (Å²) in [5.41, 5.74) is 0.859. The molecule has 1 fully saturated rings. The number of benzene rings is 1. The molecule has 0 spiro atoms. The Balaban J connectivity index is 1.90. The first-order chi connectivity index (χ1) is 16.2. The van der Waals surface area contributed by atoms with Crippen molar-refractivity contribution >= 4 is 33.5 Å². The molecule has 1 aromatic carbocycles. The number of rotatable bonds is 14. The first kappa shape index (κ1) is 27.7. The first-order valence-electron chi connectivity index (χ1n) is 11.8. The second kappa shape index (κ2) is 14.0. The van der Waals surface area contributed by atoms with Crippen LogP contribution >= 0.6 is 0 Å². The Bertz CT molecular complexity index is 945. The van der Waals surface area contributed by atoms with Gasteiger partial charge in [-0.3, -0.25) is 14.4 Å². The predicted octanol–water partition coefficient (Wildman–Crippen LogP) is 1.62. The van der Waals surface area contributed by atoms with E-state index in [1.807, 2.05) is 6.92 Å². The minimum Gasteiger partial charge on any atom is -0.481 e. The molecule has 0 aromatic heterocycles. The van der Waals surface area contributed by atoms with Crippen LogP contribution in [0.4, 0.5) is 5.69 Å². The second-order valence-electron chi connectivity index (χ2n) is 8.45. The number of amides is 2. The van der Waals surface area contributed by atoms with E-state index in [1.54, 1.807) is 6.07 Å². The molecule has 1 saturated heterocycles. The third-order valence-corrected chi connectivity index (χ3v) is 7.29. The fourth-order valence-corrected chi connectivity index (χ4v) is 5.26. The van der Waals surface area contributed by atoms with Crippen LogP contribution in [0, 0.1) is 5.92 Å². The van der Waals surface area contributed by atoms with Crippen LogP contribution in [0.3, 0.4) is 0 Å². The maximum atomic E-state index is 12.7. The number of carbonyl (C=O) groups excluding carboxylic acids is 2. The van der Waals surface area contributed by atoms with E-state index in [0.717, 1.165) is 32.4 Å². The fourth-order valence-electron chi connectivity index (χ4n) is 3.93. The molecule has 0 radical (unpaired) electrons. The lowest BCUT2D eigenvalue weighted by Crippen LogP contribution is -2.30. The molecule has 0 bridgehead atoms. The van der Waals surface area contributed by atoms with E-state index in [0.29, 0.717) is 36.4 Å². The molecule has 1 aliphatic rings. The zero-order valence-electron chi connectivity index (χ0n) is 19.7. The molecule has 10 nitrogen and oxygen atoms in total. The maximum absolute atomic E-state index is 12.7. The summed E-state index contributed by atoms with van der Waals surface area (Å²) >= 11 is 0. The summed E-state index contributed by atoms with van der Waals surface area (Å²) in [6, 6.07) is 4.60. The topological polar surface area (TPSA) is 154 Å². The molecule has 0 atom stereocenters. The van der Waals surface area contributed by atoms with E-state index in [9.17, 15) is 22.8 Å². The summed E-state index contributed by atoms with van der Waals surface area (Å²) in [7, 11) is -3.94. The predicted molar refractivity (Wildman–Crippen MR) is 129 cm³/mol. The minimum atomic E-state index is -3.94. The summed E-state index contributed by atoms with van der Waals surface area (Å²) in [5.74, 6) is -0.937. The van der Waals surface area contributed by atoms with Gasteiger partial charge in [-0.05, 0) is 62.4 Å². The van der Waals surface area contributed by atoms with Crippen LogP contribution in [0.5, 0.6) is 0 Å². The number of nitrogens with one attached hydrogen (secondary N) is 4. The molecular formula is C23H36N4O6S. The number of carboxylic acid groups (broad SMARTS) is 1. The number of hydrogen-bond acceptors (Lipinski definition) is 6. The zero-order chi connectivity index (χ0) is 25.0. The van der Waals surface area contributed by atoms with Crippen molar-refractivity contribution in [1.29, 1.82) is 0 Å². The highest BCUT2D eigenvalue weighted by Crippen LogP contribution is 2.26. The van der Waals surface area contributed by atoms with Gasteiger partial charge in [0.25, 0.3) is 0 Å². The van der Waals surface area contributed by atoms with Crippen molar-refractivity contribution in [2.75, 3.05) is 31.5 Å². The Kier molecular flexibility index (Phi) is 11.4. The van der Waals surface area contributed by atoms with Crippen LogP contribution < -0.4 is 20.7 Å². The van der Waals surface area contributed by atoms with Crippen LogP contribution in [-0.4, -0.2) is 57.5 Å². The van der Waals surface area contributed by atoms with E-state index in [4.69, 9.17) is 5.11 Å². The highest BCUT2D eigenvalue weighted by molar-refractivity contribution is 7.89. The van der Waals surface area contributed by atoms with Gasteiger partial charge in [-0.2, -0.15) is 0 Å². The fraction of sp³-hybridized carbons (Fsp3) is 0.609. The summed E-state index contributed by atoms with van der Waals surface area (Å²) in [4.78, 5) is 35.3. The lowest BCUT2D eigenvalue weighted by Gasteiger charge is -2.22. The van der Waals surface area contributed by atoms with Crippen molar-refractivity contribution in [2.45, 2.75) is 63.2 Å². The van der Waals surface area contributed by atoms with Crippen molar-refractivity contribution in [3.63, 3.8) is 0 Å². The lowest BCUT2D eigenvalue weighted by molar-refractivity contribution is -0.136. The molecular weight excluding hydrogens is 460 g/mol. The standard InChI is InChI=1S/C23H36N4O6S/c1-2-4-18-19(5-3-6-20(18)34(32,33)26-16-12-23(30)31)27-22(29)11-15-25-21(28)8-7-17-9-13-24-14-10-17/h3,5-6,17,24,26H,2,4,7-16H2,1H3,(H,25,28)(H,27,29)(H,30,31). The average molecular weight is 497 g/mol. The molecule has 2 amide bonds. The lowest BCUT2D eigenvalue weighted by atomic mass is 9.93. The molecule has 1 aromatic rings. The highest BCUT2D eigenvalue weighted by Gasteiger charge is 2.21.